The molecule has 0 bridgehead atoms. The van der Waals surface area contributed by atoms with Crippen molar-refractivity contribution in [1.82, 2.24) is 9.55 Å². The summed E-state index contributed by atoms with van der Waals surface area (Å²) >= 11 is 0. The topological polar surface area (TPSA) is 36.3 Å². The largest absolute Gasteiger partial charge is 0.502 e. The van der Waals surface area contributed by atoms with Crippen molar-refractivity contribution in [3.05, 3.63) is 54.8 Å². The standard InChI is InChI=1S/C18H24N2O2/c1-3-4-5-8-13-22-18-10-7-6-9-16(18)17(14-21-2)20-12-11-19-15-20/h6-7,9-12,14-15H,3-5,8,13H2,1-2H3/b17-14+. The minimum absolute atomic E-state index is 0.737. The van der Waals surface area contributed by atoms with E-state index in [1.54, 1.807) is 25.9 Å². The summed E-state index contributed by atoms with van der Waals surface area (Å²) in [5.41, 5.74) is 1.90. The molecule has 0 amide bonds. The van der Waals surface area contributed by atoms with Gasteiger partial charge in [0.25, 0.3) is 0 Å². The van der Waals surface area contributed by atoms with Crippen molar-refractivity contribution >= 4 is 5.70 Å². The maximum absolute atomic E-state index is 5.98. The van der Waals surface area contributed by atoms with Crippen molar-refractivity contribution in [1.29, 1.82) is 0 Å². The lowest BCUT2D eigenvalue weighted by atomic mass is 10.1. The molecule has 0 radical (unpaired) electrons. The highest BCUT2D eigenvalue weighted by Crippen LogP contribution is 2.27. The fraction of sp³-hybridized carbons (Fsp3) is 0.389. The first-order valence-electron chi connectivity index (χ1n) is 7.80. The lowest BCUT2D eigenvalue weighted by molar-refractivity contribution is 0.303. The van der Waals surface area contributed by atoms with Gasteiger partial charge in [0.05, 0.1) is 25.7 Å². The Balaban J connectivity index is 2.14. The number of aromatic nitrogens is 2. The highest BCUT2D eigenvalue weighted by Gasteiger charge is 2.11. The Morgan fingerprint density at radius 3 is 2.82 bits per heavy atom. The average Bonchev–Trinajstić information content (AvgIpc) is 3.07. The monoisotopic (exact) mass is 300 g/mol. The van der Waals surface area contributed by atoms with E-state index in [1.807, 2.05) is 35.0 Å². The van der Waals surface area contributed by atoms with Crippen molar-refractivity contribution in [2.45, 2.75) is 32.6 Å². The highest BCUT2D eigenvalue weighted by atomic mass is 16.5. The first-order valence-corrected chi connectivity index (χ1v) is 7.80. The summed E-state index contributed by atoms with van der Waals surface area (Å²) in [6.07, 6.45) is 11.9. The molecule has 1 aromatic carbocycles. The van der Waals surface area contributed by atoms with E-state index < -0.39 is 0 Å². The number of unbranched alkanes of at least 4 members (excludes halogenated alkanes) is 3. The van der Waals surface area contributed by atoms with Crippen LogP contribution in [0.3, 0.4) is 0 Å². The van der Waals surface area contributed by atoms with Crippen molar-refractivity contribution in [3.8, 4) is 5.75 Å². The number of ether oxygens (including phenoxy) is 2. The molecule has 0 aliphatic rings. The highest BCUT2D eigenvalue weighted by molar-refractivity contribution is 5.69. The number of hydrogen-bond donors (Lipinski definition) is 0. The molecule has 0 saturated heterocycles. The van der Waals surface area contributed by atoms with Crippen LogP contribution in [-0.4, -0.2) is 23.3 Å². The van der Waals surface area contributed by atoms with Gasteiger partial charge in [0.1, 0.15) is 12.0 Å². The third kappa shape index (κ3) is 4.38. The second-order valence-electron chi connectivity index (χ2n) is 5.11. The predicted molar refractivity (Wildman–Crippen MR) is 88.7 cm³/mol. The maximum atomic E-state index is 5.98. The van der Waals surface area contributed by atoms with Gasteiger partial charge >= 0.3 is 0 Å². The summed E-state index contributed by atoms with van der Waals surface area (Å²) < 4.78 is 13.1. The van der Waals surface area contributed by atoms with Gasteiger partial charge in [-0.05, 0) is 18.6 Å². The van der Waals surface area contributed by atoms with E-state index in [-0.39, 0.29) is 0 Å². The van der Waals surface area contributed by atoms with Crippen molar-refractivity contribution in [2.24, 2.45) is 0 Å². The van der Waals surface area contributed by atoms with Crippen LogP contribution >= 0.6 is 0 Å². The zero-order chi connectivity index (χ0) is 15.6. The zero-order valence-corrected chi connectivity index (χ0v) is 13.4. The minimum atomic E-state index is 0.737. The first kappa shape index (κ1) is 16.1. The second kappa shape index (κ2) is 8.93. The van der Waals surface area contributed by atoms with E-state index in [9.17, 15) is 0 Å². The van der Waals surface area contributed by atoms with E-state index in [2.05, 4.69) is 11.9 Å². The molecule has 1 aromatic heterocycles. The van der Waals surface area contributed by atoms with Gasteiger partial charge in [-0.1, -0.05) is 38.3 Å². The molecule has 118 valence electrons. The summed E-state index contributed by atoms with van der Waals surface area (Å²) in [4.78, 5) is 4.10. The first-order chi connectivity index (χ1) is 10.9. The molecule has 0 spiro atoms. The molecule has 0 N–H and O–H groups in total. The van der Waals surface area contributed by atoms with Gasteiger partial charge in [0.15, 0.2) is 0 Å². The van der Waals surface area contributed by atoms with Crippen LogP contribution in [0.25, 0.3) is 5.70 Å². The van der Waals surface area contributed by atoms with E-state index in [0.717, 1.165) is 30.0 Å². The number of para-hydroxylation sites is 1. The van der Waals surface area contributed by atoms with Gasteiger partial charge in [-0.15, -0.1) is 0 Å². The van der Waals surface area contributed by atoms with Crippen LogP contribution in [0.4, 0.5) is 0 Å². The Hall–Kier alpha value is -2.23. The number of imidazole rings is 1. The SMILES string of the molecule is CCCCCCOc1ccccc1/C(=C\OC)n1ccnc1. The number of hydrogen-bond acceptors (Lipinski definition) is 3. The van der Waals surface area contributed by atoms with Gasteiger partial charge in [-0.2, -0.15) is 0 Å². The Kier molecular flexibility index (Phi) is 6.55. The number of methoxy groups -OCH3 is 1. The fourth-order valence-corrected chi connectivity index (χ4v) is 2.29. The number of rotatable bonds is 9. The van der Waals surface area contributed by atoms with Crippen LogP contribution in [0.1, 0.15) is 38.2 Å². The van der Waals surface area contributed by atoms with Crippen LogP contribution in [-0.2, 0) is 4.74 Å². The molecule has 22 heavy (non-hydrogen) atoms. The van der Waals surface area contributed by atoms with E-state index in [1.165, 1.54) is 19.3 Å². The Labute approximate surface area is 132 Å². The third-order valence-electron chi connectivity index (χ3n) is 3.43. The maximum Gasteiger partial charge on any atom is 0.128 e. The average molecular weight is 300 g/mol. The van der Waals surface area contributed by atoms with Gasteiger partial charge < -0.3 is 14.0 Å². The van der Waals surface area contributed by atoms with Crippen LogP contribution in [0, 0.1) is 0 Å². The second-order valence-corrected chi connectivity index (χ2v) is 5.11. The van der Waals surface area contributed by atoms with Gasteiger partial charge in [-0.3, -0.25) is 0 Å². The van der Waals surface area contributed by atoms with Crippen LogP contribution in [0.15, 0.2) is 49.2 Å². The van der Waals surface area contributed by atoms with Gasteiger partial charge in [-0.25, -0.2) is 4.98 Å². The van der Waals surface area contributed by atoms with E-state index >= 15 is 0 Å². The Bertz CT molecular complexity index is 577. The molecule has 2 aromatic rings. The molecule has 0 atom stereocenters. The molecule has 2 rings (SSSR count). The molecular formula is C18H24N2O2. The van der Waals surface area contributed by atoms with Crippen molar-refractivity contribution < 1.29 is 9.47 Å². The van der Waals surface area contributed by atoms with E-state index in [0.29, 0.717) is 0 Å². The molecule has 1 heterocycles. The normalized spacial score (nSPS) is 11.5. The van der Waals surface area contributed by atoms with Crippen molar-refractivity contribution in [3.63, 3.8) is 0 Å². The molecule has 0 aliphatic heterocycles. The molecule has 4 nitrogen and oxygen atoms in total. The van der Waals surface area contributed by atoms with Crippen LogP contribution in [0.5, 0.6) is 5.75 Å². The molecule has 0 unspecified atom stereocenters. The fourth-order valence-electron chi connectivity index (χ4n) is 2.29. The summed E-state index contributed by atoms with van der Waals surface area (Å²) in [5.74, 6) is 0.871. The number of benzene rings is 1. The predicted octanol–water partition coefficient (Wildman–Crippen LogP) is 4.34. The molecule has 0 fully saturated rings. The molecule has 0 aliphatic carbocycles. The molecule has 4 heteroatoms. The van der Waals surface area contributed by atoms with Crippen LogP contribution < -0.4 is 4.74 Å². The summed E-state index contributed by atoms with van der Waals surface area (Å²) in [5, 5.41) is 0. The smallest absolute Gasteiger partial charge is 0.128 e. The zero-order valence-electron chi connectivity index (χ0n) is 13.4. The lowest BCUT2D eigenvalue weighted by Gasteiger charge is -2.14. The minimum Gasteiger partial charge on any atom is -0.502 e. The third-order valence-corrected chi connectivity index (χ3v) is 3.43. The quantitative estimate of drug-likeness (QED) is 0.510. The van der Waals surface area contributed by atoms with E-state index in [4.69, 9.17) is 9.47 Å². The lowest BCUT2D eigenvalue weighted by Crippen LogP contribution is -2.03. The Morgan fingerprint density at radius 2 is 2.09 bits per heavy atom. The van der Waals surface area contributed by atoms with Gasteiger partial charge in [0.2, 0.25) is 0 Å². The summed E-state index contributed by atoms with van der Waals surface area (Å²) in [6.45, 7) is 2.95. The molecule has 0 saturated carbocycles. The summed E-state index contributed by atoms with van der Waals surface area (Å²) in [7, 11) is 1.64. The summed E-state index contributed by atoms with van der Waals surface area (Å²) in [6, 6.07) is 8.02. The van der Waals surface area contributed by atoms with Crippen molar-refractivity contribution in [2.75, 3.05) is 13.7 Å². The molecular weight excluding hydrogens is 276 g/mol. The van der Waals surface area contributed by atoms with Crippen LogP contribution in [0.2, 0.25) is 0 Å². The number of nitrogens with zero attached hydrogens (tertiary/aromatic N) is 2. The Morgan fingerprint density at radius 1 is 1.23 bits per heavy atom. The van der Waals surface area contributed by atoms with Gasteiger partial charge in [0, 0.05) is 18.0 Å².